The number of carbonyl (C=O) groups excluding carboxylic acids is 2. The number of unbranched alkanes of at least 4 members (excludes halogenated alkanes) is 25. The first-order chi connectivity index (χ1) is 26.9. The first-order valence-electron chi connectivity index (χ1n) is 22.5. The Morgan fingerprint density at radius 3 is 1.45 bits per heavy atom. The van der Waals surface area contributed by atoms with Crippen molar-refractivity contribution in [2.75, 3.05) is 13.2 Å². The molecule has 0 aliphatic carbocycles. The lowest BCUT2D eigenvalue weighted by Crippen LogP contribution is -2.29. The van der Waals surface area contributed by atoms with E-state index in [9.17, 15) is 19.0 Å². The molecule has 0 spiro atoms. The van der Waals surface area contributed by atoms with Crippen LogP contribution in [0.2, 0.25) is 0 Å². The number of allylic oxidation sites excluding steroid dienone is 2. The summed E-state index contributed by atoms with van der Waals surface area (Å²) < 4.78 is 33.9. The van der Waals surface area contributed by atoms with Gasteiger partial charge in [0.05, 0.1) is 13.2 Å². The SMILES string of the molecule is CCCCCCCC/C=C\CCCCCCCC(=O)O[C@@H](COC(=O)CCCCCCCCCCCCCCCCC)COP(=O)(O)OCc1ccccc1. The van der Waals surface area contributed by atoms with Crippen LogP contribution in [0.25, 0.3) is 0 Å². The van der Waals surface area contributed by atoms with Gasteiger partial charge in [-0.3, -0.25) is 18.6 Å². The molecule has 0 fully saturated rings. The molecule has 0 bridgehead atoms. The first kappa shape index (κ1) is 51.0. The van der Waals surface area contributed by atoms with Crippen molar-refractivity contribution in [3.8, 4) is 0 Å². The van der Waals surface area contributed by atoms with Crippen molar-refractivity contribution in [2.45, 2.75) is 219 Å². The van der Waals surface area contributed by atoms with Gasteiger partial charge < -0.3 is 14.4 Å². The van der Waals surface area contributed by atoms with Crippen molar-refractivity contribution in [1.82, 2.24) is 0 Å². The molecule has 0 heterocycles. The Kier molecular flexibility index (Phi) is 34.9. The molecule has 0 aliphatic heterocycles. The molecule has 9 heteroatoms. The second-order valence-electron chi connectivity index (χ2n) is 15.4. The Morgan fingerprint density at radius 1 is 0.564 bits per heavy atom. The van der Waals surface area contributed by atoms with Gasteiger partial charge in [-0.1, -0.05) is 198 Å². The summed E-state index contributed by atoms with van der Waals surface area (Å²) in [6.07, 6.45) is 38.1. The Labute approximate surface area is 336 Å². The molecule has 0 saturated heterocycles. The third-order valence-corrected chi connectivity index (χ3v) is 10.9. The summed E-state index contributed by atoms with van der Waals surface area (Å²) in [5.74, 6) is -0.817. The highest BCUT2D eigenvalue weighted by atomic mass is 31.2. The van der Waals surface area contributed by atoms with E-state index in [0.29, 0.717) is 6.42 Å². The van der Waals surface area contributed by atoms with Gasteiger partial charge >= 0.3 is 19.8 Å². The molecule has 1 unspecified atom stereocenters. The molecule has 0 radical (unpaired) electrons. The zero-order valence-electron chi connectivity index (χ0n) is 35.2. The van der Waals surface area contributed by atoms with Crippen LogP contribution in [-0.2, 0) is 39.3 Å². The molecule has 1 N–H and O–H groups in total. The van der Waals surface area contributed by atoms with Crippen LogP contribution in [-0.4, -0.2) is 36.1 Å². The number of phosphoric acid groups is 1. The van der Waals surface area contributed by atoms with Crippen LogP contribution in [0.3, 0.4) is 0 Å². The average Bonchev–Trinajstić information content (AvgIpc) is 3.18. The second kappa shape index (κ2) is 37.6. The molecular formula is C46H81O8P. The monoisotopic (exact) mass is 793 g/mol. The standard InChI is InChI=1S/C46H81O8P/c1-3-5-7-9-11-13-15-17-19-21-23-25-27-29-34-38-45(47)51-41-44(42-53-55(49,50)52-40-43-36-32-31-33-37-43)54-46(48)39-35-30-28-26-24-22-20-18-16-14-12-10-8-6-4-2/h18,20,31-33,36-37,44H,3-17,19,21-30,34-35,38-42H2,1-2H3,(H,49,50)/b20-18-/t44-/m0/s1. The van der Waals surface area contributed by atoms with Crippen molar-refractivity contribution >= 4 is 19.8 Å². The predicted molar refractivity (Wildman–Crippen MR) is 227 cm³/mol. The van der Waals surface area contributed by atoms with Gasteiger partial charge in [-0.2, -0.15) is 0 Å². The zero-order chi connectivity index (χ0) is 39.9. The molecule has 0 amide bonds. The third kappa shape index (κ3) is 34.9. The molecule has 1 aromatic carbocycles. The summed E-state index contributed by atoms with van der Waals surface area (Å²) in [6.45, 7) is 3.74. The molecule has 8 nitrogen and oxygen atoms in total. The van der Waals surface area contributed by atoms with E-state index in [-0.39, 0.29) is 32.0 Å². The Bertz CT molecular complexity index is 1090. The van der Waals surface area contributed by atoms with Crippen LogP contribution in [0.15, 0.2) is 42.5 Å². The number of hydrogen-bond acceptors (Lipinski definition) is 7. The highest BCUT2D eigenvalue weighted by Crippen LogP contribution is 2.44. The summed E-state index contributed by atoms with van der Waals surface area (Å²) in [7, 11) is -4.44. The number of rotatable bonds is 40. The Hall–Kier alpha value is -1.99. The van der Waals surface area contributed by atoms with E-state index in [1.807, 2.05) is 6.07 Å². The normalized spacial score (nSPS) is 13.2. The summed E-state index contributed by atoms with van der Waals surface area (Å²) in [6, 6.07) is 9.01. The highest BCUT2D eigenvalue weighted by molar-refractivity contribution is 7.47. The van der Waals surface area contributed by atoms with E-state index >= 15 is 0 Å². The lowest BCUT2D eigenvalue weighted by Gasteiger charge is -2.20. The zero-order valence-corrected chi connectivity index (χ0v) is 36.1. The van der Waals surface area contributed by atoms with Crippen LogP contribution in [0.5, 0.6) is 0 Å². The highest BCUT2D eigenvalue weighted by Gasteiger charge is 2.26. The topological polar surface area (TPSA) is 108 Å². The number of hydrogen-bond donors (Lipinski definition) is 1. The van der Waals surface area contributed by atoms with Crippen molar-refractivity contribution < 1.29 is 37.6 Å². The average molecular weight is 793 g/mol. The molecule has 0 aliphatic rings. The van der Waals surface area contributed by atoms with Gasteiger partial charge in [0, 0.05) is 12.8 Å². The van der Waals surface area contributed by atoms with Gasteiger partial charge in [0.2, 0.25) is 0 Å². The van der Waals surface area contributed by atoms with Gasteiger partial charge in [-0.25, -0.2) is 4.57 Å². The van der Waals surface area contributed by atoms with Gasteiger partial charge in [-0.15, -0.1) is 0 Å². The van der Waals surface area contributed by atoms with E-state index < -0.39 is 26.5 Å². The van der Waals surface area contributed by atoms with E-state index in [1.165, 1.54) is 122 Å². The largest absolute Gasteiger partial charge is 0.472 e. The fourth-order valence-electron chi connectivity index (χ4n) is 6.54. The summed E-state index contributed by atoms with van der Waals surface area (Å²) in [5.41, 5.74) is 0.719. The maximum absolute atomic E-state index is 12.7. The lowest BCUT2D eigenvalue weighted by atomic mass is 10.0. The predicted octanol–water partition coefficient (Wildman–Crippen LogP) is 14.1. The van der Waals surface area contributed by atoms with E-state index in [4.69, 9.17) is 18.5 Å². The molecule has 55 heavy (non-hydrogen) atoms. The molecule has 1 aromatic rings. The lowest BCUT2D eigenvalue weighted by molar-refractivity contribution is -0.161. The maximum Gasteiger partial charge on any atom is 0.472 e. The van der Waals surface area contributed by atoms with Crippen molar-refractivity contribution in [3.05, 3.63) is 48.0 Å². The number of esters is 2. The summed E-state index contributed by atoms with van der Waals surface area (Å²) >= 11 is 0. The summed E-state index contributed by atoms with van der Waals surface area (Å²) in [5, 5.41) is 0. The van der Waals surface area contributed by atoms with Crippen LogP contribution >= 0.6 is 7.82 Å². The van der Waals surface area contributed by atoms with Gasteiger partial charge in [0.15, 0.2) is 6.10 Å². The van der Waals surface area contributed by atoms with E-state index in [0.717, 1.165) is 56.9 Å². The van der Waals surface area contributed by atoms with Crippen LogP contribution < -0.4 is 0 Å². The molecular weight excluding hydrogens is 711 g/mol. The smallest absolute Gasteiger partial charge is 0.462 e. The van der Waals surface area contributed by atoms with Crippen LogP contribution in [0, 0.1) is 0 Å². The third-order valence-electron chi connectivity index (χ3n) is 10.0. The quantitative estimate of drug-likeness (QED) is 0.0303. The van der Waals surface area contributed by atoms with Crippen LogP contribution in [0.1, 0.15) is 212 Å². The molecule has 0 aromatic heterocycles. The van der Waals surface area contributed by atoms with E-state index in [1.54, 1.807) is 24.3 Å². The molecule has 2 atom stereocenters. The first-order valence-corrected chi connectivity index (χ1v) is 24.0. The Morgan fingerprint density at radius 2 is 0.982 bits per heavy atom. The van der Waals surface area contributed by atoms with Crippen LogP contribution in [0.4, 0.5) is 0 Å². The fraction of sp³-hybridized carbons (Fsp3) is 0.783. The van der Waals surface area contributed by atoms with E-state index in [2.05, 4.69) is 26.0 Å². The number of ether oxygens (including phenoxy) is 2. The number of carbonyl (C=O) groups is 2. The van der Waals surface area contributed by atoms with Gasteiger partial charge in [-0.05, 0) is 44.1 Å². The van der Waals surface area contributed by atoms with Gasteiger partial charge in [0.25, 0.3) is 0 Å². The minimum atomic E-state index is -4.44. The number of benzene rings is 1. The van der Waals surface area contributed by atoms with Gasteiger partial charge in [0.1, 0.15) is 6.61 Å². The van der Waals surface area contributed by atoms with Crippen molar-refractivity contribution in [3.63, 3.8) is 0 Å². The molecule has 1 rings (SSSR count). The van der Waals surface area contributed by atoms with Crippen molar-refractivity contribution in [2.24, 2.45) is 0 Å². The van der Waals surface area contributed by atoms with Crippen molar-refractivity contribution in [1.29, 1.82) is 0 Å². The minimum Gasteiger partial charge on any atom is -0.462 e. The summed E-state index contributed by atoms with van der Waals surface area (Å²) in [4.78, 5) is 35.5. The number of phosphoric ester groups is 1. The second-order valence-corrected chi connectivity index (χ2v) is 16.8. The fourth-order valence-corrected chi connectivity index (χ4v) is 7.29. The Balaban J connectivity index is 2.30. The molecule has 0 saturated carbocycles. The maximum atomic E-state index is 12.7. The molecule has 318 valence electrons. The minimum absolute atomic E-state index is 0.108.